The normalized spacial score (nSPS) is 21.5. The minimum Gasteiger partial charge on any atom is -0.361 e. The molecule has 1 aliphatic carbocycles. The van der Waals surface area contributed by atoms with Crippen LogP contribution in [-0.2, 0) is 4.79 Å². The Morgan fingerprint density at radius 3 is 2.83 bits per heavy atom. The maximum Gasteiger partial charge on any atom is 0.273 e. The number of nitrogens with one attached hydrogen (secondary N) is 2. The zero-order chi connectivity index (χ0) is 20.5. The summed E-state index contributed by atoms with van der Waals surface area (Å²) in [7, 11) is 0. The SMILES string of the molecule is O=C(NCC1CCN(C(=O)c2nccc3[nH]ccc23)CC1)[C@@H]1C[C@H]1c1cccnc1. The van der Waals surface area contributed by atoms with Gasteiger partial charge in [0.15, 0.2) is 0 Å². The number of amides is 2. The first-order chi connectivity index (χ1) is 14.7. The number of hydrogen-bond acceptors (Lipinski definition) is 4. The summed E-state index contributed by atoms with van der Waals surface area (Å²) in [6.07, 6.45) is 9.81. The first kappa shape index (κ1) is 18.8. The summed E-state index contributed by atoms with van der Waals surface area (Å²) in [6.45, 7) is 2.08. The van der Waals surface area contributed by atoms with Gasteiger partial charge in [0.25, 0.3) is 5.91 Å². The number of hydrogen-bond donors (Lipinski definition) is 2. The Kier molecular flexibility index (Phi) is 4.94. The summed E-state index contributed by atoms with van der Waals surface area (Å²) in [6, 6.07) is 7.73. The predicted octanol–water partition coefficient (Wildman–Crippen LogP) is 2.73. The Hall–Kier alpha value is -3.22. The molecule has 2 atom stereocenters. The molecule has 3 aromatic heterocycles. The maximum atomic E-state index is 12.9. The highest BCUT2D eigenvalue weighted by molar-refractivity contribution is 6.04. The molecule has 1 saturated carbocycles. The second-order valence-electron chi connectivity index (χ2n) is 8.31. The van der Waals surface area contributed by atoms with E-state index in [2.05, 4.69) is 20.3 Å². The molecule has 0 unspecified atom stereocenters. The van der Waals surface area contributed by atoms with Gasteiger partial charge in [-0.3, -0.25) is 19.6 Å². The number of pyridine rings is 2. The van der Waals surface area contributed by atoms with Crippen LogP contribution in [0.4, 0.5) is 0 Å². The summed E-state index contributed by atoms with van der Waals surface area (Å²) in [5.74, 6) is 0.917. The van der Waals surface area contributed by atoms with Gasteiger partial charge in [0.1, 0.15) is 5.69 Å². The van der Waals surface area contributed by atoms with E-state index >= 15 is 0 Å². The highest BCUT2D eigenvalue weighted by Crippen LogP contribution is 2.47. The van der Waals surface area contributed by atoms with Gasteiger partial charge in [-0.25, -0.2) is 0 Å². The van der Waals surface area contributed by atoms with Crippen LogP contribution in [0.15, 0.2) is 49.1 Å². The molecule has 7 nitrogen and oxygen atoms in total. The number of likely N-dealkylation sites (tertiary alicyclic amines) is 1. The van der Waals surface area contributed by atoms with Gasteiger partial charge in [0.2, 0.25) is 5.91 Å². The largest absolute Gasteiger partial charge is 0.361 e. The van der Waals surface area contributed by atoms with Crippen molar-refractivity contribution in [2.75, 3.05) is 19.6 Å². The van der Waals surface area contributed by atoms with Gasteiger partial charge in [0.05, 0.1) is 0 Å². The Morgan fingerprint density at radius 2 is 2.03 bits per heavy atom. The molecule has 3 aromatic rings. The summed E-state index contributed by atoms with van der Waals surface area (Å²) >= 11 is 0. The molecular formula is C23H25N5O2. The first-order valence-corrected chi connectivity index (χ1v) is 10.6. The van der Waals surface area contributed by atoms with E-state index in [0.29, 0.717) is 37.2 Å². The van der Waals surface area contributed by atoms with Crippen molar-refractivity contribution in [2.45, 2.75) is 25.2 Å². The van der Waals surface area contributed by atoms with Crippen LogP contribution in [0.25, 0.3) is 10.9 Å². The lowest BCUT2D eigenvalue weighted by Crippen LogP contribution is -2.42. The lowest BCUT2D eigenvalue weighted by molar-refractivity contribution is -0.122. The average molecular weight is 403 g/mol. The van der Waals surface area contributed by atoms with Gasteiger partial charge in [-0.05, 0) is 54.9 Å². The monoisotopic (exact) mass is 403 g/mol. The van der Waals surface area contributed by atoms with Crippen molar-refractivity contribution in [3.05, 3.63) is 60.3 Å². The average Bonchev–Trinajstić information content (AvgIpc) is 3.46. The lowest BCUT2D eigenvalue weighted by Gasteiger charge is -2.32. The quantitative estimate of drug-likeness (QED) is 0.685. The smallest absolute Gasteiger partial charge is 0.273 e. The Bertz CT molecular complexity index is 1060. The molecule has 0 bridgehead atoms. The van der Waals surface area contributed by atoms with Crippen LogP contribution in [0.2, 0.25) is 0 Å². The van der Waals surface area contributed by atoms with Crippen molar-refractivity contribution < 1.29 is 9.59 Å². The standard InChI is InChI=1S/C23H25N5O2/c29-22(19-12-18(19)16-2-1-7-24-14-16)27-13-15-5-10-28(11-6-15)23(30)21-17-3-8-25-20(17)4-9-26-21/h1-4,7-9,14-15,18-19,25H,5-6,10-13H2,(H,27,29)/t18-,19+/m0/s1. The molecule has 5 rings (SSSR count). The number of aromatic nitrogens is 3. The van der Waals surface area contributed by atoms with E-state index in [1.54, 1.807) is 12.4 Å². The van der Waals surface area contributed by atoms with Crippen molar-refractivity contribution in [1.82, 2.24) is 25.2 Å². The summed E-state index contributed by atoms with van der Waals surface area (Å²) < 4.78 is 0. The molecule has 0 aromatic carbocycles. The van der Waals surface area contributed by atoms with Gasteiger partial charge in [-0.1, -0.05) is 6.07 Å². The van der Waals surface area contributed by atoms with Crippen molar-refractivity contribution in [3.63, 3.8) is 0 Å². The molecule has 30 heavy (non-hydrogen) atoms. The van der Waals surface area contributed by atoms with Crippen LogP contribution >= 0.6 is 0 Å². The van der Waals surface area contributed by atoms with Crippen molar-refractivity contribution in [3.8, 4) is 0 Å². The van der Waals surface area contributed by atoms with Crippen LogP contribution < -0.4 is 5.32 Å². The second-order valence-corrected chi connectivity index (χ2v) is 8.31. The van der Waals surface area contributed by atoms with Crippen molar-refractivity contribution in [1.29, 1.82) is 0 Å². The van der Waals surface area contributed by atoms with Gasteiger partial charge in [-0.2, -0.15) is 0 Å². The van der Waals surface area contributed by atoms with E-state index in [0.717, 1.165) is 35.7 Å². The van der Waals surface area contributed by atoms with E-state index in [1.165, 1.54) is 0 Å². The minimum absolute atomic E-state index is 0.0139. The summed E-state index contributed by atoms with van der Waals surface area (Å²) in [5.41, 5.74) is 2.59. The Balaban J connectivity index is 1.10. The number of rotatable bonds is 5. The molecule has 7 heteroatoms. The molecule has 154 valence electrons. The van der Waals surface area contributed by atoms with Crippen molar-refractivity contribution in [2.24, 2.45) is 11.8 Å². The van der Waals surface area contributed by atoms with Gasteiger partial charge >= 0.3 is 0 Å². The third-order valence-electron chi connectivity index (χ3n) is 6.39. The minimum atomic E-state index is -0.0139. The molecule has 2 N–H and O–H groups in total. The predicted molar refractivity (Wildman–Crippen MR) is 113 cm³/mol. The van der Waals surface area contributed by atoms with Crippen LogP contribution in [-0.4, -0.2) is 51.3 Å². The number of nitrogens with zero attached hydrogens (tertiary/aromatic N) is 3. The number of piperidine rings is 1. The fourth-order valence-electron chi connectivity index (χ4n) is 4.47. The van der Waals surface area contributed by atoms with Crippen LogP contribution in [0.3, 0.4) is 0 Å². The van der Waals surface area contributed by atoms with E-state index in [-0.39, 0.29) is 17.7 Å². The molecule has 1 saturated heterocycles. The summed E-state index contributed by atoms with van der Waals surface area (Å²) in [5, 5.41) is 4.00. The van der Waals surface area contributed by atoms with Gasteiger partial charge < -0.3 is 15.2 Å². The van der Waals surface area contributed by atoms with Crippen LogP contribution in [0.1, 0.15) is 41.2 Å². The molecule has 0 radical (unpaired) electrons. The zero-order valence-corrected chi connectivity index (χ0v) is 16.8. The Labute approximate surface area is 174 Å². The lowest BCUT2D eigenvalue weighted by atomic mass is 9.96. The van der Waals surface area contributed by atoms with Crippen molar-refractivity contribution >= 4 is 22.7 Å². The number of fused-ring (bicyclic) bond motifs is 1. The summed E-state index contributed by atoms with van der Waals surface area (Å²) in [4.78, 5) is 38.9. The van der Waals surface area contributed by atoms with Gasteiger partial charge in [-0.15, -0.1) is 0 Å². The van der Waals surface area contributed by atoms with E-state index in [4.69, 9.17) is 0 Å². The zero-order valence-electron chi connectivity index (χ0n) is 16.8. The molecule has 0 spiro atoms. The fraction of sp³-hybridized carbons (Fsp3) is 0.391. The second kappa shape index (κ2) is 7.89. The number of carbonyl (C=O) groups is 2. The number of aromatic amines is 1. The third kappa shape index (κ3) is 3.67. The molecule has 2 aliphatic rings. The van der Waals surface area contributed by atoms with Gasteiger partial charge in [0, 0.05) is 61.2 Å². The molecule has 2 fully saturated rings. The highest BCUT2D eigenvalue weighted by atomic mass is 16.2. The molecule has 1 aliphatic heterocycles. The molecule has 4 heterocycles. The van der Waals surface area contributed by atoms with E-state index in [9.17, 15) is 9.59 Å². The molecular weight excluding hydrogens is 378 g/mol. The molecule has 2 amide bonds. The van der Waals surface area contributed by atoms with E-state index in [1.807, 2.05) is 41.6 Å². The third-order valence-corrected chi connectivity index (χ3v) is 6.39. The Morgan fingerprint density at radius 1 is 1.17 bits per heavy atom. The maximum absolute atomic E-state index is 12.9. The van der Waals surface area contributed by atoms with E-state index < -0.39 is 0 Å². The fourth-order valence-corrected chi connectivity index (χ4v) is 4.47. The topological polar surface area (TPSA) is 91.0 Å². The number of H-pyrrole nitrogens is 1. The van der Waals surface area contributed by atoms with Crippen LogP contribution in [0.5, 0.6) is 0 Å². The first-order valence-electron chi connectivity index (χ1n) is 10.6. The number of carbonyl (C=O) groups excluding carboxylic acids is 2. The highest BCUT2D eigenvalue weighted by Gasteiger charge is 2.44. The van der Waals surface area contributed by atoms with Crippen LogP contribution in [0, 0.1) is 11.8 Å².